The second-order valence-electron chi connectivity index (χ2n) is 10.4. The predicted molar refractivity (Wildman–Crippen MR) is 149 cm³/mol. The van der Waals surface area contributed by atoms with Crippen LogP contribution in [0.2, 0.25) is 0 Å². The number of carbonyl (C=O) groups is 1. The molecule has 1 saturated heterocycles. The number of sulfone groups is 1. The van der Waals surface area contributed by atoms with Crippen LogP contribution in [0.25, 0.3) is 10.9 Å². The Morgan fingerprint density at radius 2 is 1.74 bits per heavy atom. The van der Waals surface area contributed by atoms with Crippen LogP contribution in [0.3, 0.4) is 0 Å². The lowest BCUT2D eigenvalue weighted by Gasteiger charge is -2.30. The van der Waals surface area contributed by atoms with Crippen molar-refractivity contribution in [1.29, 1.82) is 0 Å². The number of ether oxygens (including phenoxy) is 2. The zero-order valence-corrected chi connectivity index (χ0v) is 23.1. The first kappa shape index (κ1) is 27.4. The summed E-state index contributed by atoms with van der Waals surface area (Å²) in [5.74, 6) is 0.588. The first-order chi connectivity index (χ1) is 18.0. The third-order valence-corrected chi connectivity index (χ3v) is 7.57. The summed E-state index contributed by atoms with van der Waals surface area (Å²) < 4.78 is 36.9. The van der Waals surface area contributed by atoms with E-state index in [9.17, 15) is 13.2 Å². The number of rotatable bonds is 6. The van der Waals surface area contributed by atoms with Gasteiger partial charge in [-0.15, -0.1) is 0 Å². The highest BCUT2D eigenvalue weighted by atomic mass is 32.2. The minimum Gasteiger partial charge on any atom is -0.489 e. The molecule has 0 unspecified atom stereocenters. The van der Waals surface area contributed by atoms with E-state index in [2.05, 4.69) is 4.98 Å². The topological polar surface area (TPSA) is 85.8 Å². The van der Waals surface area contributed by atoms with Crippen LogP contribution >= 0.6 is 0 Å². The molecule has 4 rings (SSSR count). The summed E-state index contributed by atoms with van der Waals surface area (Å²) in [7, 11) is -3.60. The highest BCUT2D eigenvalue weighted by Gasteiger charge is 2.24. The Morgan fingerprint density at radius 3 is 2.42 bits per heavy atom. The van der Waals surface area contributed by atoms with E-state index >= 15 is 0 Å². The summed E-state index contributed by atoms with van der Waals surface area (Å²) >= 11 is 0. The molecule has 0 saturated carbocycles. The highest BCUT2D eigenvalue weighted by molar-refractivity contribution is 7.94. The van der Waals surface area contributed by atoms with Crippen molar-refractivity contribution in [3.05, 3.63) is 89.0 Å². The van der Waals surface area contributed by atoms with Gasteiger partial charge in [0.25, 0.3) is 0 Å². The number of piperidine rings is 1. The van der Waals surface area contributed by atoms with Gasteiger partial charge in [0.05, 0.1) is 10.4 Å². The maximum Gasteiger partial charge on any atom is 0.410 e. The van der Waals surface area contributed by atoms with Crippen LogP contribution in [0.5, 0.6) is 5.75 Å². The van der Waals surface area contributed by atoms with Crippen molar-refractivity contribution in [1.82, 2.24) is 9.88 Å². The molecule has 8 heteroatoms. The summed E-state index contributed by atoms with van der Waals surface area (Å²) in [5, 5.41) is 2.24. The van der Waals surface area contributed by atoms with Gasteiger partial charge in [0.2, 0.25) is 0 Å². The fraction of sp³-hybridized carbons (Fsp3) is 0.333. The van der Waals surface area contributed by atoms with Gasteiger partial charge in [-0.3, -0.25) is 4.98 Å². The number of aryl methyl sites for hydroxylation is 1. The van der Waals surface area contributed by atoms with Crippen LogP contribution in [0.15, 0.2) is 82.6 Å². The number of pyridine rings is 1. The molecule has 1 amide bonds. The molecule has 1 aliphatic rings. The van der Waals surface area contributed by atoms with Crippen LogP contribution in [-0.4, -0.2) is 43.1 Å². The number of hydrogen-bond acceptors (Lipinski definition) is 6. The lowest BCUT2D eigenvalue weighted by Crippen LogP contribution is -2.40. The number of aromatic nitrogens is 1. The van der Waals surface area contributed by atoms with Crippen LogP contribution < -0.4 is 4.74 Å². The van der Waals surface area contributed by atoms with E-state index in [4.69, 9.17) is 9.47 Å². The molecule has 0 spiro atoms. The van der Waals surface area contributed by atoms with E-state index in [1.165, 1.54) is 5.41 Å². The normalized spacial score (nSPS) is 14.6. The maximum absolute atomic E-state index is 12.8. The van der Waals surface area contributed by atoms with Crippen LogP contribution in [0, 0.1) is 6.92 Å². The van der Waals surface area contributed by atoms with Crippen molar-refractivity contribution >= 4 is 26.8 Å². The van der Waals surface area contributed by atoms with Crippen LogP contribution in [0.4, 0.5) is 4.79 Å². The Bertz CT molecular complexity index is 1460. The average Bonchev–Trinajstić information content (AvgIpc) is 2.86. The number of carbonyl (C=O) groups excluding carboxylic acids is 1. The Morgan fingerprint density at radius 1 is 1.05 bits per heavy atom. The van der Waals surface area contributed by atoms with E-state index in [1.807, 2.05) is 64.1 Å². The van der Waals surface area contributed by atoms with Crippen LogP contribution in [-0.2, 0) is 21.2 Å². The Labute approximate surface area is 224 Å². The number of hydrogen-bond donors (Lipinski definition) is 0. The quantitative estimate of drug-likeness (QED) is 0.365. The Kier molecular flexibility index (Phi) is 8.21. The first-order valence-corrected chi connectivity index (χ1v) is 14.2. The maximum atomic E-state index is 12.8. The number of fused-ring (bicyclic) bond motifs is 1. The van der Waals surface area contributed by atoms with Crippen molar-refractivity contribution < 1.29 is 22.7 Å². The van der Waals surface area contributed by atoms with Crippen molar-refractivity contribution in [2.24, 2.45) is 0 Å². The molecule has 1 aromatic heterocycles. The largest absolute Gasteiger partial charge is 0.489 e. The van der Waals surface area contributed by atoms with Crippen molar-refractivity contribution in [3.63, 3.8) is 0 Å². The lowest BCUT2D eigenvalue weighted by molar-refractivity contribution is 0.0236. The predicted octanol–water partition coefficient (Wildman–Crippen LogP) is 6.37. The van der Waals surface area contributed by atoms with Crippen LogP contribution in [0.1, 0.15) is 44.9 Å². The number of nitrogens with zero attached hydrogens (tertiary/aromatic N) is 2. The molecule has 200 valence electrons. The van der Waals surface area contributed by atoms with Gasteiger partial charge in [-0.2, -0.15) is 0 Å². The minimum atomic E-state index is -3.60. The molecule has 7 nitrogen and oxygen atoms in total. The molecule has 1 fully saturated rings. The number of para-hydroxylation sites is 1. The zero-order chi connectivity index (χ0) is 27.3. The Hall–Kier alpha value is -3.65. The molecule has 1 aliphatic heterocycles. The van der Waals surface area contributed by atoms with E-state index in [-0.39, 0.29) is 11.0 Å². The smallest absolute Gasteiger partial charge is 0.410 e. The molecule has 2 aromatic carbocycles. The van der Waals surface area contributed by atoms with E-state index in [0.29, 0.717) is 38.3 Å². The number of allylic oxidation sites excluding steroid dienone is 2. The van der Waals surface area contributed by atoms with Crippen molar-refractivity contribution in [3.8, 4) is 5.75 Å². The van der Waals surface area contributed by atoms with Gasteiger partial charge in [-0.05, 0) is 76.9 Å². The summed E-state index contributed by atoms with van der Waals surface area (Å²) in [4.78, 5) is 18.6. The molecule has 0 bridgehead atoms. The van der Waals surface area contributed by atoms with Gasteiger partial charge in [0, 0.05) is 35.1 Å². The average molecular weight is 535 g/mol. The minimum absolute atomic E-state index is 0.199. The van der Waals surface area contributed by atoms with Gasteiger partial charge >= 0.3 is 6.09 Å². The zero-order valence-electron chi connectivity index (χ0n) is 22.3. The molecular weight excluding hydrogens is 500 g/mol. The number of likely N-dealkylation sites (tertiary alicyclic amines) is 1. The summed E-state index contributed by atoms with van der Waals surface area (Å²) in [5.41, 5.74) is 3.43. The molecule has 0 radical (unpaired) electrons. The summed E-state index contributed by atoms with van der Waals surface area (Å²) in [6.07, 6.45) is 4.44. The Balaban J connectivity index is 1.33. The third-order valence-electron chi connectivity index (χ3n) is 6.12. The van der Waals surface area contributed by atoms with E-state index in [1.54, 1.807) is 35.2 Å². The molecule has 2 heterocycles. The monoisotopic (exact) mass is 534 g/mol. The van der Waals surface area contributed by atoms with E-state index in [0.717, 1.165) is 27.7 Å². The molecule has 0 atom stereocenters. The van der Waals surface area contributed by atoms with Gasteiger partial charge in [-0.1, -0.05) is 35.9 Å². The number of benzene rings is 2. The highest BCUT2D eigenvalue weighted by Crippen LogP contribution is 2.23. The molecule has 38 heavy (non-hydrogen) atoms. The first-order valence-electron chi connectivity index (χ1n) is 12.7. The van der Waals surface area contributed by atoms with Crippen molar-refractivity contribution in [2.45, 2.75) is 57.6 Å². The second-order valence-corrected chi connectivity index (χ2v) is 12.2. The van der Waals surface area contributed by atoms with Gasteiger partial charge in [0.1, 0.15) is 18.0 Å². The van der Waals surface area contributed by atoms with Gasteiger partial charge in [-0.25, -0.2) is 13.2 Å². The molecular formula is C30H34N2O5S. The molecule has 0 aliphatic carbocycles. The third kappa shape index (κ3) is 7.22. The number of amides is 1. The van der Waals surface area contributed by atoms with Gasteiger partial charge in [0.15, 0.2) is 9.84 Å². The van der Waals surface area contributed by atoms with Crippen molar-refractivity contribution in [2.75, 3.05) is 13.1 Å². The molecule has 3 aromatic rings. The summed E-state index contributed by atoms with van der Waals surface area (Å²) in [6, 6.07) is 16.4. The van der Waals surface area contributed by atoms with E-state index < -0.39 is 15.4 Å². The summed E-state index contributed by atoms with van der Waals surface area (Å²) in [6.45, 7) is 8.95. The lowest BCUT2D eigenvalue weighted by atomic mass is 10.0. The molecule has 0 N–H and O–H groups in total. The SMILES string of the molecule is Cc1cc(COc2ccc(S(=O)(=O)C=CC=C3CCN(C(=O)OC(C)(C)C)CC3)cc2)c2ccccc2n1. The second kappa shape index (κ2) is 11.4. The fourth-order valence-corrected chi connectivity index (χ4v) is 5.19. The fourth-order valence-electron chi connectivity index (χ4n) is 4.23. The van der Waals surface area contributed by atoms with Gasteiger partial charge < -0.3 is 14.4 Å². The standard InChI is InChI=1S/C30H34N2O5S/c1-22-20-24(27-9-5-6-10-28(27)31-22)21-36-25-11-13-26(14-12-25)38(34,35)19-7-8-23-15-17-32(18-16-23)29(33)37-30(2,3)4/h5-14,19-20H,15-18,21H2,1-4H3.